The highest BCUT2D eigenvalue weighted by molar-refractivity contribution is 5.88. The van der Waals surface area contributed by atoms with Crippen LogP contribution < -0.4 is 0 Å². The van der Waals surface area contributed by atoms with Crippen LogP contribution in [0.1, 0.15) is 23.7 Å². The number of hydrogen-bond acceptors (Lipinski definition) is 1. The van der Waals surface area contributed by atoms with Crippen molar-refractivity contribution in [2.75, 3.05) is 0 Å². The van der Waals surface area contributed by atoms with Gasteiger partial charge in [-0.2, -0.15) is 0 Å². The SMILES string of the molecule is CCc1c(C)ccc2c(C)nccc12. The molecule has 0 saturated carbocycles. The van der Waals surface area contributed by atoms with Gasteiger partial charge in [0.1, 0.15) is 0 Å². The van der Waals surface area contributed by atoms with Crippen molar-refractivity contribution in [2.24, 2.45) is 0 Å². The molecule has 0 fully saturated rings. The fourth-order valence-electron chi connectivity index (χ4n) is 2.04. The molecule has 0 aliphatic rings. The Kier molecular flexibility index (Phi) is 2.24. The van der Waals surface area contributed by atoms with Gasteiger partial charge in [-0.15, -0.1) is 0 Å². The minimum absolute atomic E-state index is 1.09. The molecule has 1 heteroatoms. The molecular weight excluding hydrogens is 170 g/mol. The van der Waals surface area contributed by atoms with E-state index in [0.29, 0.717) is 0 Å². The van der Waals surface area contributed by atoms with E-state index in [9.17, 15) is 0 Å². The van der Waals surface area contributed by atoms with Gasteiger partial charge in [0.25, 0.3) is 0 Å². The Morgan fingerprint density at radius 3 is 2.57 bits per heavy atom. The van der Waals surface area contributed by atoms with E-state index in [4.69, 9.17) is 0 Å². The number of aryl methyl sites for hydroxylation is 3. The van der Waals surface area contributed by atoms with Gasteiger partial charge in [0.05, 0.1) is 0 Å². The van der Waals surface area contributed by atoms with Crippen molar-refractivity contribution in [3.8, 4) is 0 Å². The second kappa shape index (κ2) is 3.41. The molecule has 2 aromatic rings. The van der Waals surface area contributed by atoms with Crippen LogP contribution in [0, 0.1) is 13.8 Å². The van der Waals surface area contributed by atoms with Crippen LogP contribution in [0.4, 0.5) is 0 Å². The number of fused-ring (bicyclic) bond motifs is 1. The van der Waals surface area contributed by atoms with E-state index in [0.717, 1.165) is 12.1 Å². The van der Waals surface area contributed by atoms with Crippen molar-refractivity contribution in [1.29, 1.82) is 0 Å². The molecular formula is C13H15N. The van der Waals surface area contributed by atoms with E-state index >= 15 is 0 Å². The molecule has 0 spiro atoms. The highest BCUT2D eigenvalue weighted by Gasteiger charge is 2.04. The zero-order valence-corrected chi connectivity index (χ0v) is 8.96. The summed E-state index contributed by atoms with van der Waals surface area (Å²) in [6.45, 7) is 6.45. The first kappa shape index (κ1) is 9.20. The normalized spacial score (nSPS) is 10.8. The van der Waals surface area contributed by atoms with Gasteiger partial charge in [-0.3, -0.25) is 4.98 Å². The molecule has 0 aliphatic carbocycles. The summed E-state index contributed by atoms with van der Waals surface area (Å²) in [6, 6.07) is 6.48. The number of hydrogen-bond donors (Lipinski definition) is 0. The molecule has 1 nitrogen and oxygen atoms in total. The lowest BCUT2D eigenvalue weighted by atomic mass is 9.98. The largest absolute Gasteiger partial charge is 0.261 e. The summed E-state index contributed by atoms with van der Waals surface area (Å²) in [5, 5.41) is 2.65. The fraction of sp³-hybridized carbons (Fsp3) is 0.308. The van der Waals surface area contributed by atoms with Crippen LogP contribution in [-0.4, -0.2) is 4.98 Å². The third kappa shape index (κ3) is 1.29. The molecule has 0 radical (unpaired) electrons. The summed E-state index contributed by atoms with van der Waals surface area (Å²) in [6.07, 6.45) is 2.99. The van der Waals surface area contributed by atoms with E-state index in [1.807, 2.05) is 6.20 Å². The summed E-state index contributed by atoms with van der Waals surface area (Å²) >= 11 is 0. The molecule has 0 unspecified atom stereocenters. The Bertz CT molecular complexity index is 472. The van der Waals surface area contributed by atoms with Crippen molar-refractivity contribution in [3.63, 3.8) is 0 Å². The molecule has 0 amide bonds. The molecule has 72 valence electrons. The summed E-state index contributed by atoms with van der Waals surface area (Å²) < 4.78 is 0. The molecule has 1 aromatic heterocycles. The van der Waals surface area contributed by atoms with Crippen molar-refractivity contribution < 1.29 is 0 Å². The first-order chi connectivity index (χ1) is 6.74. The predicted molar refractivity (Wildman–Crippen MR) is 60.6 cm³/mol. The second-order valence-corrected chi connectivity index (χ2v) is 3.71. The van der Waals surface area contributed by atoms with Gasteiger partial charge in [-0.25, -0.2) is 0 Å². The third-order valence-electron chi connectivity index (χ3n) is 2.84. The van der Waals surface area contributed by atoms with Crippen LogP contribution in [0.15, 0.2) is 24.4 Å². The van der Waals surface area contributed by atoms with Gasteiger partial charge < -0.3 is 0 Å². The van der Waals surface area contributed by atoms with Crippen LogP contribution in [0.5, 0.6) is 0 Å². The molecule has 0 N–H and O–H groups in total. The minimum Gasteiger partial charge on any atom is -0.261 e. The highest BCUT2D eigenvalue weighted by atomic mass is 14.7. The molecule has 0 aliphatic heterocycles. The molecule has 2 rings (SSSR count). The minimum atomic E-state index is 1.09. The quantitative estimate of drug-likeness (QED) is 0.663. The summed E-state index contributed by atoms with van der Waals surface area (Å²) in [4.78, 5) is 4.31. The molecule has 0 atom stereocenters. The standard InChI is InChI=1S/C13H15N/c1-4-11-9(2)5-6-12-10(3)14-8-7-13(11)12/h5-8H,4H2,1-3H3. The van der Waals surface area contributed by atoms with Gasteiger partial charge in [0.2, 0.25) is 0 Å². The predicted octanol–water partition coefficient (Wildman–Crippen LogP) is 3.41. The summed E-state index contributed by atoms with van der Waals surface area (Å²) in [5.74, 6) is 0. The first-order valence-electron chi connectivity index (χ1n) is 5.08. The van der Waals surface area contributed by atoms with Gasteiger partial charge in [0, 0.05) is 17.3 Å². The zero-order valence-electron chi connectivity index (χ0n) is 8.96. The smallest absolute Gasteiger partial charge is 0.0451 e. The Balaban J connectivity index is 2.88. The molecule has 1 heterocycles. The lowest BCUT2D eigenvalue weighted by molar-refractivity contribution is 1.12. The second-order valence-electron chi connectivity index (χ2n) is 3.71. The van der Waals surface area contributed by atoms with E-state index in [1.165, 1.54) is 21.9 Å². The number of nitrogens with zero attached hydrogens (tertiary/aromatic N) is 1. The number of rotatable bonds is 1. The van der Waals surface area contributed by atoms with Crippen molar-refractivity contribution in [2.45, 2.75) is 27.2 Å². The summed E-state index contributed by atoms with van der Waals surface area (Å²) in [7, 11) is 0. The Labute approximate surface area is 84.8 Å². The topological polar surface area (TPSA) is 12.9 Å². The monoisotopic (exact) mass is 185 g/mol. The Morgan fingerprint density at radius 1 is 1.07 bits per heavy atom. The van der Waals surface area contributed by atoms with Gasteiger partial charge in [-0.1, -0.05) is 19.1 Å². The van der Waals surface area contributed by atoms with E-state index in [2.05, 4.69) is 44.0 Å². The first-order valence-corrected chi connectivity index (χ1v) is 5.08. The maximum absolute atomic E-state index is 4.31. The van der Waals surface area contributed by atoms with E-state index in [-0.39, 0.29) is 0 Å². The zero-order chi connectivity index (χ0) is 10.1. The Morgan fingerprint density at radius 2 is 1.86 bits per heavy atom. The van der Waals surface area contributed by atoms with Gasteiger partial charge >= 0.3 is 0 Å². The Hall–Kier alpha value is -1.37. The van der Waals surface area contributed by atoms with E-state index < -0.39 is 0 Å². The number of aromatic nitrogens is 1. The highest BCUT2D eigenvalue weighted by Crippen LogP contribution is 2.23. The molecule has 0 bridgehead atoms. The van der Waals surface area contributed by atoms with Crippen molar-refractivity contribution >= 4 is 10.8 Å². The van der Waals surface area contributed by atoms with Gasteiger partial charge in [0.15, 0.2) is 0 Å². The molecule has 14 heavy (non-hydrogen) atoms. The molecule has 0 saturated heterocycles. The molecule has 1 aromatic carbocycles. The van der Waals surface area contributed by atoms with Crippen LogP contribution in [0.25, 0.3) is 10.8 Å². The average Bonchev–Trinajstić information content (AvgIpc) is 2.18. The maximum Gasteiger partial charge on any atom is 0.0451 e. The van der Waals surface area contributed by atoms with Gasteiger partial charge in [-0.05, 0) is 42.8 Å². The number of benzene rings is 1. The maximum atomic E-state index is 4.31. The fourth-order valence-corrected chi connectivity index (χ4v) is 2.04. The van der Waals surface area contributed by atoms with Crippen LogP contribution in [-0.2, 0) is 6.42 Å². The van der Waals surface area contributed by atoms with Crippen molar-refractivity contribution in [1.82, 2.24) is 4.98 Å². The lowest BCUT2D eigenvalue weighted by Gasteiger charge is -2.09. The van der Waals surface area contributed by atoms with Crippen LogP contribution in [0.3, 0.4) is 0 Å². The van der Waals surface area contributed by atoms with Crippen LogP contribution in [0.2, 0.25) is 0 Å². The average molecular weight is 185 g/mol. The van der Waals surface area contributed by atoms with E-state index in [1.54, 1.807) is 0 Å². The lowest BCUT2D eigenvalue weighted by Crippen LogP contribution is -1.91. The summed E-state index contributed by atoms with van der Waals surface area (Å²) in [5.41, 5.74) is 3.95. The number of pyridine rings is 1. The van der Waals surface area contributed by atoms with Crippen LogP contribution >= 0.6 is 0 Å². The third-order valence-corrected chi connectivity index (χ3v) is 2.84. The van der Waals surface area contributed by atoms with Crippen molar-refractivity contribution in [3.05, 3.63) is 41.2 Å².